The van der Waals surface area contributed by atoms with Gasteiger partial charge in [0.25, 0.3) is 0 Å². The van der Waals surface area contributed by atoms with Gasteiger partial charge < -0.3 is 29.6 Å². The normalized spacial score (nSPS) is 12.5. The van der Waals surface area contributed by atoms with Crippen molar-refractivity contribution < 1.29 is 28.5 Å². The first-order chi connectivity index (χ1) is 20.0. The van der Waals surface area contributed by atoms with Gasteiger partial charge in [0.15, 0.2) is 6.73 Å². The summed E-state index contributed by atoms with van der Waals surface area (Å²) in [4.78, 5) is 24.4. The van der Waals surface area contributed by atoms with Crippen LogP contribution in [0.15, 0.2) is 91.0 Å². The first kappa shape index (κ1) is 27.6. The number of ether oxygens (including phenoxy) is 4. The van der Waals surface area contributed by atoms with Crippen LogP contribution in [0.2, 0.25) is 0 Å². The van der Waals surface area contributed by atoms with Gasteiger partial charge in [0.1, 0.15) is 23.9 Å². The minimum atomic E-state index is -0.587. The summed E-state index contributed by atoms with van der Waals surface area (Å²) in [5.41, 5.74) is 6.13. The molecule has 0 radical (unpaired) electrons. The molecule has 0 saturated carbocycles. The highest BCUT2D eigenvalue weighted by Crippen LogP contribution is 2.44. The van der Waals surface area contributed by atoms with Gasteiger partial charge in [-0.05, 0) is 52.1 Å². The summed E-state index contributed by atoms with van der Waals surface area (Å²) >= 11 is 0. The highest BCUT2D eigenvalue weighted by molar-refractivity contribution is 5.79. The zero-order valence-electron chi connectivity index (χ0n) is 23.2. The minimum Gasteiger partial charge on any atom is -0.497 e. The largest absolute Gasteiger partial charge is 0.497 e. The molecule has 0 bridgehead atoms. The summed E-state index contributed by atoms with van der Waals surface area (Å²) in [6.07, 6.45) is -0.555. The van der Waals surface area contributed by atoms with E-state index in [0.29, 0.717) is 17.2 Å². The molecule has 1 aliphatic rings. The summed E-state index contributed by atoms with van der Waals surface area (Å²) in [6, 6.07) is 28.5. The Bertz CT molecular complexity index is 1490. The number of nitrogens with one attached hydrogen (secondary N) is 2. The molecular formula is C33H32N2O6. The third-order valence-electron chi connectivity index (χ3n) is 7.13. The van der Waals surface area contributed by atoms with Crippen LogP contribution >= 0.6 is 0 Å². The molecule has 0 spiro atoms. The number of carbonyl (C=O) groups is 2. The number of benzene rings is 4. The van der Waals surface area contributed by atoms with Crippen molar-refractivity contribution in [3.63, 3.8) is 0 Å². The van der Waals surface area contributed by atoms with Crippen molar-refractivity contribution >= 4 is 12.0 Å². The van der Waals surface area contributed by atoms with E-state index in [2.05, 4.69) is 34.9 Å². The third kappa shape index (κ3) is 6.11. The van der Waals surface area contributed by atoms with Crippen molar-refractivity contribution in [1.82, 2.24) is 10.6 Å². The molecule has 0 heterocycles. The second kappa shape index (κ2) is 12.5. The zero-order chi connectivity index (χ0) is 28.8. The fraction of sp³-hybridized carbons (Fsp3) is 0.212. The fourth-order valence-corrected chi connectivity index (χ4v) is 5.13. The lowest BCUT2D eigenvalue weighted by molar-refractivity contribution is -0.119. The molecule has 8 heteroatoms. The SMILES string of the molecule is COc1ccc(C(NC(=O)OCC2c3ccccc3-c3ccccc32)c2ccc(OCNC(C)=O)cc2)c(OC)c1. The van der Waals surface area contributed by atoms with E-state index in [1.807, 2.05) is 48.5 Å². The van der Waals surface area contributed by atoms with Crippen LogP contribution < -0.4 is 24.8 Å². The lowest BCUT2D eigenvalue weighted by Gasteiger charge is -2.23. The quantitative estimate of drug-likeness (QED) is 0.241. The van der Waals surface area contributed by atoms with Gasteiger partial charge in [0, 0.05) is 24.5 Å². The van der Waals surface area contributed by atoms with Crippen LogP contribution in [0.3, 0.4) is 0 Å². The van der Waals surface area contributed by atoms with Crippen molar-refractivity contribution in [2.45, 2.75) is 18.9 Å². The van der Waals surface area contributed by atoms with Gasteiger partial charge in [-0.2, -0.15) is 0 Å². The maximum absolute atomic E-state index is 13.3. The van der Waals surface area contributed by atoms with Crippen molar-refractivity contribution in [1.29, 1.82) is 0 Å². The Kier molecular flexibility index (Phi) is 8.39. The van der Waals surface area contributed by atoms with E-state index < -0.39 is 12.1 Å². The summed E-state index contributed by atoms with van der Waals surface area (Å²) in [7, 11) is 3.15. The lowest BCUT2D eigenvalue weighted by atomic mass is 9.97. The zero-order valence-corrected chi connectivity index (χ0v) is 23.2. The molecule has 5 rings (SSSR count). The number of alkyl carbamates (subject to hydrolysis) is 1. The van der Waals surface area contributed by atoms with Gasteiger partial charge in [-0.1, -0.05) is 60.7 Å². The summed E-state index contributed by atoms with van der Waals surface area (Å²) in [6.45, 7) is 1.68. The number of carbonyl (C=O) groups excluding carboxylic acids is 2. The minimum absolute atomic E-state index is 0.0535. The molecular weight excluding hydrogens is 520 g/mol. The smallest absolute Gasteiger partial charge is 0.407 e. The number of hydrogen-bond donors (Lipinski definition) is 2. The first-order valence-corrected chi connectivity index (χ1v) is 13.3. The fourth-order valence-electron chi connectivity index (χ4n) is 5.13. The van der Waals surface area contributed by atoms with E-state index in [1.54, 1.807) is 32.4 Å². The number of hydrogen-bond acceptors (Lipinski definition) is 6. The van der Waals surface area contributed by atoms with Crippen LogP contribution in [0, 0.1) is 0 Å². The van der Waals surface area contributed by atoms with Gasteiger partial charge in [0.05, 0.1) is 20.3 Å². The molecule has 8 nitrogen and oxygen atoms in total. The molecule has 2 amide bonds. The van der Waals surface area contributed by atoms with Crippen LogP contribution in [-0.4, -0.2) is 39.6 Å². The van der Waals surface area contributed by atoms with E-state index in [1.165, 1.54) is 18.1 Å². The van der Waals surface area contributed by atoms with Crippen LogP contribution in [0.4, 0.5) is 4.79 Å². The molecule has 0 fully saturated rings. The van der Waals surface area contributed by atoms with Gasteiger partial charge in [-0.3, -0.25) is 4.79 Å². The average molecular weight is 553 g/mol. The van der Waals surface area contributed by atoms with E-state index in [4.69, 9.17) is 18.9 Å². The summed E-state index contributed by atoms with van der Waals surface area (Å²) < 4.78 is 22.4. The maximum Gasteiger partial charge on any atom is 0.407 e. The Balaban J connectivity index is 1.37. The topological polar surface area (TPSA) is 95.1 Å². The van der Waals surface area contributed by atoms with Gasteiger partial charge in [-0.15, -0.1) is 0 Å². The molecule has 0 saturated heterocycles. The van der Waals surface area contributed by atoms with Crippen molar-refractivity contribution in [3.8, 4) is 28.4 Å². The molecule has 2 N–H and O–H groups in total. The third-order valence-corrected chi connectivity index (χ3v) is 7.13. The monoisotopic (exact) mass is 552 g/mol. The summed E-state index contributed by atoms with van der Waals surface area (Å²) in [5.74, 6) is 1.53. The number of methoxy groups -OCH3 is 2. The number of amides is 2. The van der Waals surface area contributed by atoms with E-state index in [-0.39, 0.29) is 25.2 Å². The molecule has 0 aliphatic heterocycles. The Morgan fingerprint density at radius 2 is 1.44 bits per heavy atom. The van der Waals surface area contributed by atoms with Crippen LogP contribution in [0.5, 0.6) is 17.2 Å². The standard InChI is InChI=1S/C33H32N2O6/c1-21(36)34-20-41-23-14-12-22(13-15-23)32(29-17-16-24(38-2)18-31(29)39-3)35-33(37)40-19-30-27-10-6-4-8-25(27)26-9-5-7-11-28(26)30/h4-18,30,32H,19-20H2,1-3H3,(H,34,36)(H,35,37). The Labute approximate surface area is 239 Å². The average Bonchev–Trinajstić information content (AvgIpc) is 3.32. The molecule has 4 aromatic rings. The molecule has 1 aliphatic carbocycles. The van der Waals surface area contributed by atoms with Crippen molar-refractivity contribution in [3.05, 3.63) is 113 Å². The first-order valence-electron chi connectivity index (χ1n) is 13.3. The van der Waals surface area contributed by atoms with Crippen LogP contribution in [0.1, 0.15) is 41.1 Å². The van der Waals surface area contributed by atoms with E-state index in [9.17, 15) is 9.59 Å². The van der Waals surface area contributed by atoms with Crippen molar-refractivity contribution in [2.24, 2.45) is 0 Å². The molecule has 1 unspecified atom stereocenters. The Morgan fingerprint density at radius 1 is 0.805 bits per heavy atom. The molecule has 4 aromatic carbocycles. The van der Waals surface area contributed by atoms with Crippen molar-refractivity contribution in [2.75, 3.05) is 27.6 Å². The van der Waals surface area contributed by atoms with Gasteiger partial charge >= 0.3 is 6.09 Å². The lowest BCUT2D eigenvalue weighted by Crippen LogP contribution is -2.31. The molecule has 1 atom stereocenters. The number of rotatable bonds is 10. The van der Waals surface area contributed by atoms with E-state index >= 15 is 0 Å². The maximum atomic E-state index is 13.3. The Hall–Kier alpha value is -4.98. The predicted octanol–water partition coefficient (Wildman–Crippen LogP) is 5.80. The highest BCUT2D eigenvalue weighted by atomic mass is 16.5. The predicted molar refractivity (Wildman–Crippen MR) is 155 cm³/mol. The Morgan fingerprint density at radius 3 is 2.05 bits per heavy atom. The molecule has 41 heavy (non-hydrogen) atoms. The van der Waals surface area contributed by atoms with Crippen LogP contribution in [-0.2, 0) is 9.53 Å². The molecule has 0 aromatic heterocycles. The van der Waals surface area contributed by atoms with E-state index in [0.717, 1.165) is 22.3 Å². The highest BCUT2D eigenvalue weighted by Gasteiger charge is 2.30. The number of fused-ring (bicyclic) bond motifs is 3. The molecule has 210 valence electrons. The summed E-state index contributed by atoms with van der Waals surface area (Å²) in [5, 5.41) is 5.63. The van der Waals surface area contributed by atoms with Crippen LogP contribution in [0.25, 0.3) is 11.1 Å². The van der Waals surface area contributed by atoms with Gasteiger partial charge in [0.2, 0.25) is 5.91 Å². The van der Waals surface area contributed by atoms with Gasteiger partial charge in [-0.25, -0.2) is 4.79 Å². The second-order valence-corrected chi connectivity index (χ2v) is 9.60. The second-order valence-electron chi connectivity index (χ2n) is 9.60.